The van der Waals surface area contributed by atoms with Crippen molar-refractivity contribution in [2.24, 2.45) is 0 Å². The minimum absolute atomic E-state index is 0.00495. The van der Waals surface area contributed by atoms with Crippen LogP contribution < -0.4 is 11.2 Å². The summed E-state index contributed by atoms with van der Waals surface area (Å²) in [5, 5.41) is 9.63. The molecule has 116 valence electrons. The van der Waals surface area contributed by atoms with Crippen LogP contribution in [0.3, 0.4) is 0 Å². The summed E-state index contributed by atoms with van der Waals surface area (Å²) < 4.78 is 1.31. The molecule has 3 rings (SSSR count). The van der Waals surface area contributed by atoms with Crippen molar-refractivity contribution < 1.29 is 9.90 Å². The Kier molecular flexibility index (Phi) is 3.56. The molecule has 0 aliphatic heterocycles. The summed E-state index contributed by atoms with van der Waals surface area (Å²) in [4.78, 5) is 42.6. The number of hydrogen-bond acceptors (Lipinski definition) is 4. The van der Waals surface area contributed by atoms with Crippen LogP contribution in [0.1, 0.15) is 47.8 Å². The smallest absolute Gasteiger partial charge is 0.336 e. The largest absolute Gasteiger partial charge is 0.478 e. The van der Waals surface area contributed by atoms with Crippen LogP contribution in [0.4, 0.5) is 0 Å². The highest BCUT2D eigenvalue weighted by molar-refractivity contribution is 6.03. The van der Waals surface area contributed by atoms with E-state index in [4.69, 9.17) is 0 Å². The van der Waals surface area contributed by atoms with Crippen molar-refractivity contribution in [3.05, 3.63) is 37.7 Å². The number of pyridine rings is 1. The number of aromatic amines is 1. The highest BCUT2D eigenvalue weighted by Gasteiger charge is 2.25. The molecule has 1 aliphatic rings. The molecule has 1 aliphatic carbocycles. The van der Waals surface area contributed by atoms with Crippen molar-refractivity contribution in [1.29, 1.82) is 0 Å². The summed E-state index contributed by atoms with van der Waals surface area (Å²) in [5.74, 6) is -1.14. The lowest BCUT2D eigenvalue weighted by Crippen LogP contribution is -2.32. The summed E-state index contributed by atoms with van der Waals surface area (Å²) in [5.41, 5.74) is 0.289. The van der Waals surface area contributed by atoms with Gasteiger partial charge in [0.05, 0.1) is 10.9 Å². The van der Waals surface area contributed by atoms with Crippen LogP contribution in [0.25, 0.3) is 11.0 Å². The summed E-state index contributed by atoms with van der Waals surface area (Å²) in [6.07, 6.45) is 4.10. The van der Waals surface area contributed by atoms with Gasteiger partial charge in [0.2, 0.25) is 0 Å². The first-order chi connectivity index (χ1) is 10.5. The van der Waals surface area contributed by atoms with Gasteiger partial charge >= 0.3 is 11.7 Å². The number of aryl methyl sites for hydroxylation is 2. The zero-order valence-electron chi connectivity index (χ0n) is 12.3. The zero-order chi connectivity index (χ0) is 15.9. The Morgan fingerprint density at radius 2 is 2.00 bits per heavy atom. The molecule has 0 radical (unpaired) electrons. The van der Waals surface area contributed by atoms with E-state index in [0.717, 1.165) is 19.3 Å². The minimum atomic E-state index is -1.14. The number of aromatic carboxylic acids is 1. The van der Waals surface area contributed by atoms with Crippen molar-refractivity contribution in [3.63, 3.8) is 0 Å². The molecule has 0 amide bonds. The van der Waals surface area contributed by atoms with Gasteiger partial charge in [0.25, 0.3) is 5.56 Å². The molecule has 0 atom stereocenters. The lowest BCUT2D eigenvalue weighted by atomic mass is 9.99. The van der Waals surface area contributed by atoms with E-state index in [0.29, 0.717) is 30.6 Å². The molecule has 22 heavy (non-hydrogen) atoms. The van der Waals surface area contributed by atoms with E-state index in [1.807, 2.05) is 0 Å². The number of aromatic nitrogens is 3. The van der Waals surface area contributed by atoms with Gasteiger partial charge in [-0.1, -0.05) is 6.42 Å². The molecule has 0 fully saturated rings. The minimum Gasteiger partial charge on any atom is -0.478 e. The number of nitrogens with zero attached hydrogens (tertiary/aromatic N) is 2. The van der Waals surface area contributed by atoms with Crippen molar-refractivity contribution >= 4 is 17.0 Å². The number of carboxylic acid groups (broad SMARTS) is 1. The molecule has 0 aromatic carbocycles. The Morgan fingerprint density at radius 3 is 2.68 bits per heavy atom. The van der Waals surface area contributed by atoms with Crippen LogP contribution in [0.15, 0.2) is 9.59 Å². The molecule has 0 unspecified atom stereocenters. The fraction of sp³-hybridized carbons (Fsp3) is 0.467. The molecular weight excluding hydrogens is 286 g/mol. The second-order valence-corrected chi connectivity index (χ2v) is 5.48. The van der Waals surface area contributed by atoms with E-state index in [2.05, 4.69) is 9.97 Å². The monoisotopic (exact) mass is 303 g/mol. The molecule has 2 aromatic rings. The van der Waals surface area contributed by atoms with Gasteiger partial charge in [0.15, 0.2) is 5.65 Å². The van der Waals surface area contributed by atoms with Crippen LogP contribution in [0, 0.1) is 0 Å². The Morgan fingerprint density at radius 1 is 1.27 bits per heavy atom. The third kappa shape index (κ3) is 2.13. The van der Waals surface area contributed by atoms with E-state index in [1.54, 1.807) is 6.92 Å². The highest BCUT2D eigenvalue weighted by Crippen LogP contribution is 2.26. The number of fused-ring (bicyclic) bond motifs is 2. The highest BCUT2D eigenvalue weighted by atomic mass is 16.4. The molecule has 0 saturated carbocycles. The molecule has 7 heteroatoms. The average Bonchev–Trinajstić information content (AvgIpc) is 2.70. The molecule has 0 saturated heterocycles. The van der Waals surface area contributed by atoms with Gasteiger partial charge in [-0.15, -0.1) is 0 Å². The Balaban J connectivity index is 2.54. The maximum absolute atomic E-state index is 12.2. The van der Waals surface area contributed by atoms with Gasteiger partial charge < -0.3 is 5.11 Å². The summed E-state index contributed by atoms with van der Waals surface area (Å²) >= 11 is 0. The van der Waals surface area contributed by atoms with Crippen molar-refractivity contribution in [2.45, 2.75) is 45.6 Å². The van der Waals surface area contributed by atoms with E-state index in [-0.39, 0.29) is 16.6 Å². The van der Waals surface area contributed by atoms with Gasteiger partial charge in [0, 0.05) is 12.2 Å². The first-order valence-corrected chi connectivity index (χ1v) is 7.46. The lowest BCUT2D eigenvalue weighted by molar-refractivity contribution is 0.0697. The van der Waals surface area contributed by atoms with Crippen molar-refractivity contribution in [3.8, 4) is 0 Å². The van der Waals surface area contributed by atoms with Gasteiger partial charge in [0.1, 0.15) is 0 Å². The van der Waals surface area contributed by atoms with E-state index in [1.165, 1.54) is 4.57 Å². The van der Waals surface area contributed by atoms with Crippen LogP contribution in [0.2, 0.25) is 0 Å². The number of carboxylic acids is 1. The molecular formula is C15H17N3O4. The van der Waals surface area contributed by atoms with E-state index >= 15 is 0 Å². The molecule has 2 heterocycles. The maximum atomic E-state index is 12.2. The molecule has 0 spiro atoms. The fourth-order valence-electron chi connectivity index (χ4n) is 3.17. The quantitative estimate of drug-likeness (QED) is 0.807. The van der Waals surface area contributed by atoms with Crippen LogP contribution in [-0.4, -0.2) is 25.6 Å². The van der Waals surface area contributed by atoms with Gasteiger partial charge in [-0.2, -0.15) is 0 Å². The van der Waals surface area contributed by atoms with Crippen molar-refractivity contribution in [1.82, 2.24) is 14.5 Å². The topological polar surface area (TPSA) is 105 Å². The van der Waals surface area contributed by atoms with Crippen LogP contribution in [0.5, 0.6) is 0 Å². The summed E-state index contributed by atoms with van der Waals surface area (Å²) in [7, 11) is 0. The first kappa shape index (κ1) is 14.5. The number of carbonyl (C=O) groups is 1. The van der Waals surface area contributed by atoms with Gasteiger partial charge in [-0.05, 0) is 38.2 Å². The Bertz CT molecular complexity index is 879. The van der Waals surface area contributed by atoms with Crippen LogP contribution in [-0.2, 0) is 19.4 Å². The predicted octanol–water partition coefficient (Wildman–Crippen LogP) is 1.07. The number of rotatable bonds is 2. The Labute approximate surface area is 125 Å². The average molecular weight is 303 g/mol. The normalized spacial score (nSPS) is 14.6. The number of H-pyrrole nitrogens is 1. The van der Waals surface area contributed by atoms with Crippen molar-refractivity contribution in [2.75, 3.05) is 0 Å². The summed E-state index contributed by atoms with van der Waals surface area (Å²) in [6.45, 7) is 2.07. The molecule has 0 bridgehead atoms. The van der Waals surface area contributed by atoms with Crippen LogP contribution >= 0.6 is 0 Å². The zero-order valence-corrected chi connectivity index (χ0v) is 12.3. The number of hydrogen-bond donors (Lipinski definition) is 2. The van der Waals surface area contributed by atoms with Gasteiger partial charge in [-0.3, -0.25) is 14.3 Å². The third-order valence-corrected chi connectivity index (χ3v) is 4.18. The SMILES string of the molecule is CCn1c(=O)[nH]c(=O)c2c(C(=O)O)c3c(nc21)CCCCC3. The fourth-order valence-corrected chi connectivity index (χ4v) is 3.17. The second kappa shape index (κ2) is 5.40. The first-order valence-electron chi connectivity index (χ1n) is 7.46. The molecule has 2 aromatic heterocycles. The van der Waals surface area contributed by atoms with Gasteiger partial charge in [-0.25, -0.2) is 14.6 Å². The Hall–Kier alpha value is -2.44. The standard InChI is InChI=1S/C15H17N3O4/c1-2-18-12-11(13(19)17-15(18)22)10(14(20)21)8-6-4-3-5-7-9(8)16-12/h2-7H2,1H3,(H,20,21)(H,17,19,22). The lowest BCUT2D eigenvalue weighted by Gasteiger charge is -2.14. The predicted molar refractivity (Wildman–Crippen MR) is 80.5 cm³/mol. The van der Waals surface area contributed by atoms with E-state index < -0.39 is 17.2 Å². The summed E-state index contributed by atoms with van der Waals surface area (Å²) in [6, 6.07) is 0. The maximum Gasteiger partial charge on any atom is 0.336 e. The number of nitrogens with one attached hydrogen (secondary N) is 1. The molecule has 7 nitrogen and oxygen atoms in total. The van der Waals surface area contributed by atoms with E-state index in [9.17, 15) is 19.5 Å². The third-order valence-electron chi connectivity index (χ3n) is 4.18. The second-order valence-electron chi connectivity index (χ2n) is 5.48. The molecule has 2 N–H and O–H groups in total.